The Hall–Kier alpha value is -2.35. The van der Waals surface area contributed by atoms with Gasteiger partial charge < -0.3 is 15.3 Å². The zero-order chi connectivity index (χ0) is 17.1. The van der Waals surface area contributed by atoms with Gasteiger partial charge in [-0.3, -0.25) is 9.59 Å². The number of thioether (sulfide) groups is 1. The number of aliphatic imine (C=N–C) groups is 1. The molecule has 2 aliphatic heterocycles. The van der Waals surface area contributed by atoms with Crippen LogP contribution in [0.15, 0.2) is 29.3 Å². The highest BCUT2D eigenvalue weighted by Gasteiger charge is 2.33. The van der Waals surface area contributed by atoms with Gasteiger partial charge in [0.1, 0.15) is 5.25 Å². The van der Waals surface area contributed by atoms with E-state index in [0.29, 0.717) is 5.69 Å². The molecule has 0 aliphatic carbocycles. The fraction of sp³-hybridized carbons (Fsp3) is 0.375. The number of nitrogens with zero attached hydrogens (tertiary/aromatic N) is 2. The molecule has 8 heteroatoms. The molecule has 1 aromatic rings. The van der Waals surface area contributed by atoms with Gasteiger partial charge in [-0.05, 0) is 37.1 Å². The molecular formula is C16H17N3O4S. The largest absolute Gasteiger partial charge is 0.478 e. The number of benzene rings is 1. The van der Waals surface area contributed by atoms with E-state index in [1.165, 1.54) is 36.0 Å². The first-order valence-corrected chi connectivity index (χ1v) is 8.58. The van der Waals surface area contributed by atoms with Crippen LogP contribution >= 0.6 is 11.8 Å². The molecule has 126 valence electrons. The Kier molecular flexibility index (Phi) is 4.84. The van der Waals surface area contributed by atoms with Gasteiger partial charge in [-0.15, -0.1) is 0 Å². The minimum Gasteiger partial charge on any atom is -0.478 e. The summed E-state index contributed by atoms with van der Waals surface area (Å²) in [4.78, 5) is 41.0. The summed E-state index contributed by atoms with van der Waals surface area (Å²) in [5.74, 6) is -1.58. The Morgan fingerprint density at radius 3 is 2.54 bits per heavy atom. The van der Waals surface area contributed by atoms with Crippen LogP contribution in [0.5, 0.6) is 0 Å². The molecule has 1 aromatic carbocycles. The van der Waals surface area contributed by atoms with Crippen LogP contribution in [0.2, 0.25) is 0 Å². The summed E-state index contributed by atoms with van der Waals surface area (Å²) >= 11 is 1.35. The number of rotatable bonds is 4. The Bertz CT molecular complexity index is 696. The first kappa shape index (κ1) is 16.5. The number of aromatic carboxylic acids is 1. The molecule has 1 atom stereocenters. The van der Waals surface area contributed by atoms with Gasteiger partial charge in [0.05, 0.1) is 5.56 Å². The zero-order valence-corrected chi connectivity index (χ0v) is 13.7. The standard InChI is InChI=1S/C16H17N3O4S/c20-13(17-11-5-3-10(4-6-11)15(22)23)9-12-14(21)18-16(24-12)19-7-1-2-8-19/h3-6,12H,1-2,7-9H2,(H,17,20)(H,22,23)/t12-/m0/s1. The first-order valence-electron chi connectivity index (χ1n) is 7.70. The van der Waals surface area contributed by atoms with Gasteiger partial charge in [0, 0.05) is 25.2 Å². The summed E-state index contributed by atoms with van der Waals surface area (Å²) in [5, 5.41) is 11.8. The quantitative estimate of drug-likeness (QED) is 0.862. The lowest BCUT2D eigenvalue weighted by atomic mass is 10.2. The molecule has 2 N–H and O–H groups in total. The lowest BCUT2D eigenvalue weighted by molar-refractivity contribution is -0.121. The van der Waals surface area contributed by atoms with Crippen LogP contribution in [0.1, 0.15) is 29.6 Å². The van der Waals surface area contributed by atoms with E-state index in [9.17, 15) is 14.4 Å². The van der Waals surface area contributed by atoms with Crippen molar-refractivity contribution in [2.45, 2.75) is 24.5 Å². The van der Waals surface area contributed by atoms with E-state index in [4.69, 9.17) is 5.11 Å². The van der Waals surface area contributed by atoms with E-state index >= 15 is 0 Å². The number of carbonyl (C=O) groups is 3. The molecule has 0 radical (unpaired) electrons. The van der Waals surface area contributed by atoms with Crippen molar-refractivity contribution in [3.8, 4) is 0 Å². The second-order valence-corrected chi connectivity index (χ2v) is 6.84. The van der Waals surface area contributed by atoms with E-state index in [-0.39, 0.29) is 23.8 Å². The molecule has 0 bridgehead atoms. The van der Waals surface area contributed by atoms with Crippen LogP contribution in [-0.2, 0) is 9.59 Å². The van der Waals surface area contributed by atoms with Crippen LogP contribution in [0.3, 0.4) is 0 Å². The average Bonchev–Trinajstić information content (AvgIpc) is 3.18. The minimum atomic E-state index is -1.02. The molecule has 1 fully saturated rings. The van der Waals surface area contributed by atoms with Crippen molar-refractivity contribution in [1.82, 2.24) is 4.90 Å². The first-order chi connectivity index (χ1) is 11.5. The van der Waals surface area contributed by atoms with E-state index in [0.717, 1.165) is 31.1 Å². The molecule has 2 amide bonds. The number of anilines is 1. The summed E-state index contributed by atoms with van der Waals surface area (Å²) in [7, 11) is 0. The fourth-order valence-electron chi connectivity index (χ4n) is 2.63. The van der Waals surface area contributed by atoms with Gasteiger partial charge in [0.2, 0.25) is 5.91 Å². The molecule has 2 aliphatic rings. The molecule has 0 spiro atoms. The van der Waals surface area contributed by atoms with Gasteiger partial charge in [-0.1, -0.05) is 11.8 Å². The lowest BCUT2D eigenvalue weighted by Crippen LogP contribution is -2.25. The van der Waals surface area contributed by atoms with E-state index in [1.54, 1.807) is 0 Å². The highest BCUT2D eigenvalue weighted by Crippen LogP contribution is 2.29. The number of carboxylic acids is 1. The Labute approximate surface area is 143 Å². The zero-order valence-electron chi connectivity index (χ0n) is 12.9. The molecular weight excluding hydrogens is 330 g/mol. The van der Waals surface area contributed by atoms with E-state index < -0.39 is 11.2 Å². The third-order valence-corrected chi connectivity index (χ3v) is 5.11. The van der Waals surface area contributed by atoms with Gasteiger partial charge in [0.15, 0.2) is 5.17 Å². The Balaban J connectivity index is 1.53. The maximum absolute atomic E-state index is 12.1. The molecule has 7 nitrogen and oxygen atoms in total. The molecule has 2 heterocycles. The molecule has 24 heavy (non-hydrogen) atoms. The van der Waals surface area contributed by atoms with Gasteiger partial charge in [-0.25, -0.2) is 4.79 Å². The molecule has 0 saturated carbocycles. The summed E-state index contributed by atoms with van der Waals surface area (Å²) < 4.78 is 0. The van der Waals surface area contributed by atoms with Crippen molar-refractivity contribution in [1.29, 1.82) is 0 Å². The maximum atomic E-state index is 12.1. The topological polar surface area (TPSA) is 99.1 Å². The average molecular weight is 347 g/mol. The van der Waals surface area contributed by atoms with Gasteiger partial charge in [0.25, 0.3) is 5.91 Å². The van der Waals surface area contributed by atoms with Crippen LogP contribution in [0, 0.1) is 0 Å². The van der Waals surface area contributed by atoms with Crippen molar-refractivity contribution in [3.05, 3.63) is 29.8 Å². The van der Waals surface area contributed by atoms with Crippen molar-refractivity contribution in [2.24, 2.45) is 4.99 Å². The normalized spacial score (nSPS) is 20.2. The van der Waals surface area contributed by atoms with Crippen molar-refractivity contribution >= 4 is 40.4 Å². The van der Waals surface area contributed by atoms with Crippen molar-refractivity contribution < 1.29 is 19.5 Å². The number of amidine groups is 1. The van der Waals surface area contributed by atoms with Gasteiger partial charge in [-0.2, -0.15) is 4.99 Å². The predicted molar refractivity (Wildman–Crippen MR) is 91.3 cm³/mol. The number of carbonyl (C=O) groups excluding carboxylic acids is 2. The second kappa shape index (κ2) is 7.04. The number of hydrogen-bond acceptors (Lipinski definition) is 5. The molecule has 0 aromatic heterocycles. The Morgan fingerprint density at radius 1 is 1.25 bits per heavy atom. The predicted octanol–water partition coefficient (Wildman–Crippen LogP) is 1.81. The van der Waals surface area contributed by atoms with Crippen LogP contribution in [0.25, 0.3) is 0 Å². The number of nitrogens with one attached hydrogen (secondary N) is 1. The molecule has 0 unspecified atom stereocenters. The highest BCUT2D eigenvalue weighted by atomic mass is 32.2. The summed E-state index contributed by atoms with van der Waals surface area (Å²) in [6, 6.07) is 5.89. The second-order valence-electron chi connectivity index (χ2n) is 5.67. The Morgan fingerprint density at radius 2 is 1.92 bits per heavy atom. The maximum Gasteiger partial charge on any atom is 0.335 e. The number of carboxylic acid groups (broad SMARTS) is 1. The molecule has 1 saturated heterocycles. The van der Waals surface area contributed by atoms with E-state index in [2.05, 4.69) is 15.2 Å². The van der Waals surface area contributed by atoms with Crippen molar-refractivity contribution in [2.75, 3.05) is 18.4 Å². The summed E-state index contributed by atoms with van der Waals surface area (Å²) in [6.45, 7) is 1.82. The highest BCUT2D eigenvalue weighted by molar-refractivity contribution is 8.15. The third-order valence-electron chi connectivity index (χ3n) is 3.89. The number of amides is 2. The monoisotopic (exact) mass is 347 g/mol. The molecule has 3 rings (SSSR count). The van der Waals surface area contributed by atoms with Crippen LogP contribution < -0.4 is 5.32 Å². The lowest BCUT2D eigenvalue weighted by Gasteiger charge is -2.16. The summed E-state index contributed by atoms with van der Waals surface area (Å²) in [6.07, 6.45) is 2.25. The van der Waals surface area contributed by atoms with E-state index in [1.807, 2.05) is 0 Å². The van der Waals surface area contributed by atoms with Crippen LogP contribution in [0.4, 0.5) is 5.69 Å². The smallest absolute Gasteiger partial charge is 0.335 e. The van der Waals surface area contributed by atoms with Crippen LogP contribution in [-0.4, -0.2) is 51.3 Å². The number of hydrogen-bond donors (Lipinski definition) is 2. The minimum absolute atomic E-state index is 0.0466. The number of likely N-dealkylation sites (tertiary alicyclic amines) is 1. The third kappa shape index (κ3) is 3.76. The van der Waals surface area contributed by atoms with Gasteiger partial charge >= 0.3 is 5.97 Å². The SMILES string of the molecule is O=C(C[C@@H]1SC(N2CCCC2)=NC1=O)Nc1ccc(C(=O)O)cc1. The fourth-order valence-corrected chi connectivity index (χ4v) is 3.75. The summed E-state index contributed by atoms with van der Waals surface area (Å²) in [5.41, 5.74) is 0.652. The van der Waals surface area contributed by atoms with Crippen molar-refractivity contribution in [3.63, 3.8) is 0 Å².